The van der Waals surface area contributed by atoms with Crippen molar-refractivity contribution in [3.8, 4) is 12.1 Å². The first kappa shape index (κ1) is 16.7. The van der Waals surface area contributed by atoms with Gasteiger partial charge >= 0.3 is 5.97 Å². The van der Waals surface area contributed by atoms with Gasteiger partial charge in [-0.25, -0.2) is 0 Å². The molecule has 0 bridgehead atoms. The summed E-state index contributed by atoms with van der Waals surface area (Å²) in [5.41, 5.74) is -1.27. The molecule has 0 aliphatic heterocycles. The predicted octanol–water partition coefficient (Wildman–Crippen LogP) is 4.14. The smallest absolute Gasteiger partial charge is 0.329 e. The Morgan fingerprint density at radius 2 is 2.00 bits per heavy atom. The highest BCUT2D eigenvalue weighted by Crippen LogP contribution is 2.74. The quantitative estimate of drug-likeness (QED) is 0.722. The number of nitrogens with zero attached hydrogens (tertiary/aromatic N) is 2. The maximum Gasteiger partial charge on any atom is 0.329 e. The molecule has 1 aromatic heterocycles. The minimum absolute atomic E-state index is 0.167. The molecule has 4 nitrogen and oxygen atoms in total. The van der Waals surface area contributed by atoms with Crippen LogP contribution in [0.2, 0.25) is 0 Å². The minimum atomic E-state index is -1.52. The van der Waals surface area contributed by atoms with Gasteiger partial charge in [0.15, 0.2) is 5.41 Å². The van der Waals surface area contributed by atoms with Gasteiger partial charge in [0.05, 0.1) is 18.7 Å². The lowest BCUT2D eigenvalue weighted by molar-refractivity contribution is -0.148. The van der Waals surface area contributed by atoms with Gasteiger partial charge in [0.25, 0.3) is 0 Å². The molecule has 1 fully saturated rings. The molecule has 0 amide bonds. The number of carbonyl (C=O) groups excluding carboxylic acids is 1. The summed E-state index contributed by atoms with van der Waals surface area (Å²) in [5, 5.41) is 23.6. The van der Waals surface area contributed by atoms with Crippen LogP contribution >= 0.6 is 27.3 Å². The normalized spacial score (nSPS) is 27.8. The Kier molecular flexibility index (Phi) is 4.21. The molecule has 3 atom stereocenters. The van der Waals surface area contributed by atoms with E-state index in [1.54, 1.807) is 13.0 Å². The van der Waals surface area contributed by atoms with Crippen LogP contribution in [-0.2, 0) is 14.9 Å². The molecule has 120 valence electrons. The number of thiophene rings is 1. The van der Waals surface area contributed by atoms with Crippen molar-refractivity contribution in [3.63, 3.8) is 0 Å². The zero-order chi connectivity index (χ0) is 17.4. The van der Waals surface area contributed by atoms with Crippen molar-refractivity contribution in [1.29, 1.82) is 10.5 Å². The van der Waals surface area contributed by atoms with E-state index in [1.165, 1.54) is 11.3 Å². The van der Waals surface area contributed by atoms with Gasteiger partial charge < -0.3 is 4.74 Å². The predicted molar refractivity (Wildman–Crippen MR) is 93.2 cm³/mol. The van der Waals surface area contributed by atoms with E-state index in [0.29, 0.717) is 5.56 Å². The van der Waals surface area contributed by atoms with Gasteiger partial charge in [0.1, 0.15) is 5.41 Å². The highest BCUT2D eigenvalue weighted by atomic mass is 79.9. The number of hydrogen-bond acceptors (Lipinski definition) is 5. The number of carbonyl (C=O) groups is 1. The van der Waals surface area contributed by atoms with Crippen LogP contribution in [0.3, 0.4) is 0 Å². The summed E-state index contributed by atoms with van der Waals surface area (Å²) >= 11 is 4.82. The first-order valence-electron chi connectivity index (χ1n) is 7.36. The molecule has 0 radical (unpaired) electrons. The molecule has 24 heavy (non-hydrogen) atoms. The van der Waals surface area contributed by atoms with Crippen molar-refractivity contribution < 1.29 is 9.53 Å². The third-order valence-electron chi connectivity index (χ3n) is 4.53. The Hall–Kier alpha value is -2.15. The van der Waals surface area contributed by atoms with E-state index in [0.717, 1.165) is 10.0 Å². The lowest BCUT2D eigenvalue weighted by Gasteiger charge is -2.11. The summed E-state index contributed by atoms with van der Waals surface area (Å²) in [6.07, 6.45) is 0. The van der Waals surface area contributed by atoms with Gasteiger partial charge in [-0.3, -0.25) is 4.79 Å². The molecule has 3 rings (SSSR count). The summed E-state index contributed by atoms with van der Waals surface area (Å²) in [5.74, 6) is -1.19. The van der Waals surface area contributed by atoms with Crippen LogP contribution in [0.25, 0.3) is 0 Å². The number of nitriles is 2. The highest BCUT2D eigenvalue weighted by Gasteiger charge is 2.85. The van der Waals surface area contributed by atoms with Crippen LogP contribution in [0.1, 0.15) is 24.0 Å². The fraction of sp³-hybridized carbons (Fsp3) is 0.278. The van der Waals surface area contributed by atoms with E-state index < -0.39 is 22.7 Å². The first-order valence-corrected chi connectivity index (χ1v) is 9.10. The van der Waals surface area contributed by atoms with Crippen LogP contribution in [0.15, 0.2) is 45.6 Å². The number of halogens is 1. The van der Waals surface area contributed by atoms with Gasteiger partial charge in [-0.2, -0.15) is 21.9 Å². The van der Waals surface area contributed by atoms with E-state index in [9.17, 15) is 15.3 Å². The summed E-state index contributed by atoms with van der Waals surface area (Å²) < 4.78 is 6.06. The molecule has 1 heterocycles. The van der Waals surface area contributed by atoms with Crippen LogP contribution < -0.4 is 0 Å². The van der Waals surface area contributed by atoms with Crippen LogP contribution in [-0.4, -0.2) is 12.6 Å². The fourth-order valence-corrected chi connectivity index (χ4v) is 4.43. The molecule has 1 aromatic carbocycles. The lowest BCUT2D eigenvalue weighted by atomic mass is 9.89. The van der Waals surface area contributed by atoms with Crippen molar-refractivity contribution in [1.82, 2.24) is 0 Å². The molecule has 1 aliphatic rings. The SMILES string of the molecule is CCOC(=O)[C@@]1(C#N)[C@H](c2ccc(Br)cc2)[C@]1(C#N)c1ccsc1. The Morgan fingerprint density at radius 1 is 1.29 bits per heavy atom. The lowest BCUT2D eigenvalue weighted by Crippen LogP contribution is -2.26. The van der Waals surface area contributed by atoms with Gasteiger partial charge in [-0.1, -0.05) is 28.1 Å². The standard InChI is InChI=1S/C18H13BrN2O2S/c1-2-23-16(22)18(11-21)15(12-3-5-14(19)6-4-12)17(18,10-20)13-7-8-24-9-13/h3-9,15H,2H2,1H3/t15-,17+,18-/m1/s1. The molecule has 0 unspecified atom stereocenters. The number of benzene rings is 1. The Labute approximate surface area is 152 Å². The summed E-state index contributed by atoms with van der Waals surface area (Å²) in [6, 6.07) is 13.6. The Balaban J connectivity index is 2.21. The number of esters is 1. The van der Waals surface area contributed by atoms with Gasteiger partial charge in [0, 0.05) is 10.4 Å². The molecule has 0 saturated heterocycles. The maximum absolute atomic E-state index is 12.7. The number of ether oxygens (including phenoxy) is 1. The first-order chi connectivity index (χ1) is 11.6. The molecule has 1 aliphatic carbocycles. The van der Waals surface area contributed by atoms with Crippen LogP contribution in [0.4, 0.5) is 0 Å². The molecule has 2 aromatic rings. The van der Waals surface area contributed by atoms with E-state index in [1.807, 2.05) is 35.0 Å². The third kappa shape index (κ3) is 2.04. The van der Waals surface area contributed by atoms with Crippen molar-refractivity contribution in [3.05, 3.63) is 56.7 Å². The zero-order valence-corrected chi connectivity index (χ0v) is 15.2. The number of rotatable bonds is 4. The second-order valence-electron chi connectivity index (χ2n) is 5.56. The highest BCUT2D eigenvalue weighted by molar-refractivity contribution is 9.10. The van der Waals surface area contributed by atoms with Gasteiger partial charge in [0.2, 0.25) is 0 Å². The summed E-state index contributed by atoms with van der Waals surface area (Å²) in [6.45, 7) is 1.86. The Bertz CT molecular complexity index is 851. The molecule has 0 N–H and O–H groups in total. The monoisotopic (exact) mass is 400 g/mol. The van der Waals surface area contributed by atoms with Crippen molar-refractivity contribution in [2.45, 2.75) is 18.3 Å². The average molecular weight is 401 g/mol. The van der Waals surface area contributed by atoms with E-state index in [-0.39, 0.29) is 6.61 Å². The van der Waals surface area contributed by atoms with Crippen molar-refractivity contribution in [2.75, 3.05) is 6.61 Å². The fourth-order valence-electron chi connectivity index (χ4n) is 3.45. The molecule has 6 heteroatoms. The molecular weight excluding hydrogens is 388 g/mol. The minimum Gasteiger partial charge on any atom is -0.465 e. The Morgan fingerprint density at radius 3 is 2.50 bits per heavy atom. The summed E-state index contributed by atoms with van der Waals surface area (Å²) in [7, 11) is 0. The van der Waals surface area contributed by atoms with Crippen LogP contribution in [0, 0.1) is 28.1 Å². The van der Waals surface area contributed by atoms with Crippen molar-refractivity contribution in [2.24, 2.45) is 5.41 Å². The number of hydrogen-bond donors (Lipinski definition) is 0. The molecular formula is C18H13BrN2O2S. The van der Waals surface area contributed by atoms with Gasteiger partial charge in [-0.15, -0.1) is 0 Å². The molecule has 1 saturated carbocycles. The van der Waals surface area contributed by atoms with Gasteiger partial charge in [-0.05, 0) is 47.0 Å². The van der Waals surface area contributed by atoms with E-state index in [2.05, 4.69) is 28.1 Å². The second-order valence-corrected chi connectivity index (χ2v) is 7.25. The molecule has 0 spiro atoms. The van der Waals surface area contributed by atoms with E-state index >= 15 is 0 Å². The van der Waals surface area contributed by atoms with E-state index in [4.69, 9.17) is 4.74 Å². The third-order valence-corrected chi connectivity index (χ3v) is 5.75. The topological polar surface area (TPSA) is 73.9 Å². The maximum atomic E-state index is 12.7. The van der Waals surface area contributed by atoms with Crippen molar-refractivity contribution >= 4 is 33.2 Å². The largest absolute Gasteiger partial charge is 0.465 e. The average Bonchev–Trinajstić information content (AvgIpc) is 2.90. The second kappa shape index (κ2) is 6.05. The van der Waals surface area contributed by atoms with Crippen LogP contribution in [0.5, 0.6) is 0 Å². The zero-order valence-electron chi connectivity index (χ0n) is 12.8. The summed E-state index contributed by atoms with van der Waals surface area (Å²) in [4.78, 5) is 12.7.